The second kappa shape index (κ2) is 4.45. The van der Waals surface area contributed by atoms with E-state index >= 15 is 0 Å². The molecule has 0 unspecified atom stereocenters. The first kappa shape index (κ1) is 12.3. The molecule has 0 atom stereocenters. The van der Waals surface area contributed by atoms with Gasteiger partial charge in [-0.15, -0.1) is 0 Å². The lowest BCUT2D eigenvalue weighted by atomic mass is 10.2. The van der Waals surface area contributed by atoms with Crippen molar-refractivity contribution in [3.05, 3.63) is 59.7 Å². The minimum Gasteiger partial charge on any atom is -0.478 e. The van der Waals surface area contributed by atoms with Crippen molar-refractivity contribution in [2.45, 2.75) is 6.92 Å². The van der Waals surface area contributed by atoms with Crippen LogP contribution in [-0.4, -0.2) is 20.6 Å². The molecule has 0 bridgehead atoms. The molecule has 4 nitrogen and oxygen atoms in total. The number of aromatic nitrogens is 2. The van der Waals surface area contributed by atoms with E-state index in [1.165, 1.54) is 18.2 Å². The maximum Gasteiger partial charge on any atom is 0.335 e. The highest BCUT2D eigenvalue weighted by Crippen LogP contribution is 2.21. The molecule has 3 rings (SSSR count). The Kier molecular flexibility index (Phi) is 2.75. The van der Waals surface area contributed by atoms with Crippen LogP contribution < -0.4 is 0 Å². The molecule has 0 amide bonds. The van der Waals surface area contributed by atoms with Crippen molar-refractivity contribution in [2.24, 2.45) is 0 Å². The summed E-state index contributed by atoms with van der Waals surface area (Å²) in [6.07, 6.45) is 1.56. The average molecular weight is 270 g/mol. The number of nitrogens with zero attached hydrogens (tertiary/aromatic N) is 2. The standard InChI is InChI=1S/C15H11FN2O2/c1-9-2-4-11(7-12(9)16)18-8-17-13-6-10(15(19)20)3-5-14(13)18/h2-8H,1H3,(H,19,20). The number of aryl methyl sites for hydroxylation is 1. The number of carboxylic acids is 1. The summed E-state index contributed by atoms with van der Waals surface area (Å²) in [7, 11) is 0. The van der Waals surface area contributed by atoms with E-state index < -0.39 is 5.97 Å². The highest BCUT2D eigenvalue weighted by atomic mass is 19.1. The van der Waals surface area contributed by atoms with E-state index in [0.717, 1.165) is 5.52 Å². The van der Waals surface area contributed by atoms with Crippen LogP contribution in [0, 0.1) is 12.7 Å². The van der Waals surface area contributed by atoms with Crippen LogP contribution in [-0.2, 0) is 0 Å². The van der Waals surface area contributed by atoms with Crippen LogP contribution in [0.15, 0.2) is 42.7 Å². The molecular weight excluding hydrogens is 259 g/mol. The molecule has 0 saturated heterocycles. The fraction of sp³-hybridized carbons (Fsp3) is 0.0667. The molecule has 0 radical (unpaired) electrons. The molecule has 0 aliphatic rings. The van der Waals surface area contributed by atoms with E-state index in [4.69, 9.17) is 5.11 Å². The summed E-state index contributed by atoms with van der Waals surface area (Å²) in [6.45, 7) is 1.70. The Morgan fingerprint density at radius 3 is 2.75 bits per heavy atom. The summed E-state index contributed by atoms with van der Waals surface area (Å²) in [5.74, 6) is -1.28. The van der Waals surface area contributed by atoms with Crippen molar-refractivity contribution in [2.75, 3.05) is 0 Å². The van der Waals surface area contributed by atoms with Crippen LogP contribution in [0.25, 0.3) is 16.7 Å². The van der Waals surface area contributed by atoms with Gasteiger partial charge in [0, 0.05) is 0 Å². The molecule has 1 aromatic heterocycles. The molecule has 3 aromatic rings. The predicted molar refractivity (Wildman–Crippen MR) is 72.7 cm³/mol. The van der Waals surface area contributed by atoms with E-state index in [2.05, 4.69) is 4.98 Å². The smallest absolute Gasteiger partial charge is 0.335 e. The van der Waals surface area contributed by atoms with Gasteiger partial charge in [0.25, 0.3) is 0 Å². The fourth-order valence-electron chi connectivity index (χ4n) is 2.08. The number of hydrogen-bond acceptors (Lipinski definition) is 2. The topological polar surface area (TPSA) is 55.1 Å². The van der Waals surface area contributed by atoms with Crippen LogP contribution in [0.2, 0.25) is 0 Å². The van der Waals surface area contributed by atoms with E-state index in [0.29, 0.717) is 16.8 Å². The summed E-state index contributed by atoms with van der Waals surface area (Å²) in [5, 5.41) is 8.95. The SMILES string of the molecule is Cc1ccc(-n2cnc3cc(C(=O)O)ccc32)cc1F. The van der Waals surface area contributed by atoms with Gasteiger partial charge in [-0.3, -0.25) is 4.57 Å². The van der Waals surface area contributed by atoms with Gasteiger partial charge in [0.1, 0.15) is 12.1 Å². The molecule has 100 valence electrons. The molecule has 1 heterocycles. The van der Waals surface area contributed by atoms with Gasteiger partial charge in [0.05, 0.1) is 22.3 Å². The zero-order valence-electron chi connectivity index (χ0n) is 10.7. The molecule has 0 saturated carbocycles. The number of carboxylic acid groups (broad SMARTS) is 1. The number of benzene rings is 2. The molecule has 0 spiro atoms. The number of aromatic carboxylic acids is 1. The molecule has 0 aliphatic heterocycles. The lowest BCUT2D eigenvalue weighted by molar-refractivity contribution is 0.0697. The Labute approximate surface area is 114 Å². The molecular formula is C15H11FN2O2. The number of halogens is 1. The average Bonchev–Trinajstić information content (AvgIpc) is 2.84. The van der Waals surface area contributed by atoms with Gasteiger partial charge in [-0.1, -0.05) is 6.07 Å². The number of fused-ring (bicyclic) bond motifs is 1. The van der Waals surface area contributed by atoms with E-state index in [9.17, 15) is 9.18 Å². The third kappa shape index (κ3) is 1.93. The van der Waals surface area contributed by atoms with Gasteiger partial charge in [-0.2, -0.15) is 0 Å². The van der Waals surface area contributed by atoms with Gasteiger partial charge in [0.2, 0.25) is 0 Å². The Bertz CT molecular complexity index is 824. The van der Waals surface area contributed by atoms with E-state index in [-0.39, 0.29) is 11.4 Å². The summed E-state index contributed by atoms with van der Waals surface area (Å²) in [5.41, 5.74) is 2.70. The molecule has 5 heteroatoms. The Morgan fingerprint density at radius 2 is 2.05 bits per heavy atom. The second-order valence-corrected chi connectivity index (χ2v) is 4.56. The van der Waals surface area contributed by atoms with Gasteiger partial charge in [-0.25, -0.2) is 14.2 Å². The second-order valence-electron chi connectivity index (χ2n) is 4.56. The van der Waals surface area contributed by atoms with Crippen molar-refractivity contribution < 1.29 is 14.3 Å². The summed E-state index contributed by atoms with van der Waals surface area (Å²) in [4.78, 5) is 15.1. The predicted octanol–water partition coefficient (Wildman–Crippen LogP) is 3.17. The number of carbonyl (C=O) groups is 1. The van der Waals surface area contributed by atoms with Crippen LogP contribution in [0.5, 0.6) is 0 Å². The van der Waals surface area contributed by atoms with Crippen LogP contribution in [0.4, 0.5) is 4.39 Å². The van der Waals surface area contributed by atoms with Crippen molar-refractivity contribution in [3.63, 3.8) is 0 Å². The highest BCUT2D eigenvalue weighted by Gasteiger charge is 2.09. The molecule has 20 heavy (non-hydrogen) atoms. The number of rotatable bonds is 2. The lowest BCUT2D eigenvalue weighted by Gasteiger charge is -2.06. The summed E-state index contributed by atoms with van der Waals surface area (Å²) < 4.78 is 15.4. The zero-order valence-corrected chi connectivity index (χ0v) is 10.7. The third-order valence-electron chi connectivity index (χ3n) is 3.23. The van der Waals surface area contributed by atoms with Crippen molar-refractivity contribution in [1.29, 1.82) is 0 Å². The fourth-order valence-corrected chi connectivity index (χ4v) is 2.08. The monoisotopic (exact) mass is 270 g/mol. The van der Waals surface area contributed by atoms with Gasteiger partial charge in [-0.05, 0) is 42.8 Å². The molecule has 0 fully saturated rings. The summed E-state index contributed by atoms with van der Waals surface area (Å²) in [6, 6.07) is 9.60. The third-order valence-corrected chi connectivity index (χ3v) is 3.23. The minimum atomic E-state index is -0.997. The van der Waals surface area contributed by atoms with Crippen molar-refractivity contribution in [1.82, 2.24) is 9.55 Å². The van der Waals surface area contributed by atoms with E-state index in [1.807, 2.05) is 0 Å². The maximum atomic E-state index is 13.6. The lowest BCUT2D eigenvalue weighted by Crippen LogP contribution is -1.97. The van der Waals surface area contributed by atoms with Crippen molar-refractivity contribution in [3.8, 4) is 5.69 Å². The van der Waals surface area contributed by atoms with Gasteiger partial charge in [0.15, 0.2) is 0 Å². The first-order chi connectivity index (χ1) is 9.56. The maximum absolute atomic E-state index is 13.6. The summed E-state index contributed by atoms with van der Waals surface area (Å²) >= 11 is 0. The highest BCUT2D eigenvalue weighted by molar-refractivity contribution is 5.92. The van der Waals surface area contributed by atoms with Crippen LogP contribution in [0.1, 0.15) is 15.9 Å². The van der Waals surface area contributed by atoms with E-state index in [1.54, 1.807) is 36.0 Å². The zero-order chi connectivity index (χ0) is 14.3. The molecule has 0 aliphatic carbocycles. The van der Waals surface area contributed by atoms with Crippen LogP contribution in [0.3, 0.4) is 0 Å². The normalized spacial score (nSPS) is 10.9. The Balaban J connectivity index is 2.17. The van der Waals surface area contributed by atoms with Gasteiger partial charge < -0.3 is 5.11 Å². The van der Waals surface area contributed by atoms with Crippen LogP contribution >= 0.6 is 0 Å². The Hall–Kier alpha value is -2.69. The quantitative estimate of drug-likeness (QED) is 0.778. The number of hydrogen-bond donors (Lipinski definition) is 1. The minimum absolute atomic E-state index is 0.179. The first-order valence-electron chi connectivity index (χ1n) is 6.03. The first-order valence-corrected chi connectivity index (χ1v) is 6.03. The van der Waals surface area contributed by atoms with Crippen molar-refractivity contribution >= 4 is 17.0 Å². The number of imidazole rings is 1. The van der Waals surface area contributed by atoms with Gasteiger partial charge >= 0.3 is 5.97 Å². The largest absolute Gasteiger partial charge is 0.478 e. The Morgan fingerprint density at radius 1 is 1.25 bits per heavy atom. The molecule has 2 aromatic carbocycles. The molecule has 1 N–H and O–H groups in total.